The highest BCUT2D eigenvalue weighted by atomic mass is 35.5. The van der Waals surface area contributed by atoms with E-state index in [1.165, 1.54) is 25.6 Å². The van der Waals surface area contributed by atoms with E-state index in [0.717, 1.165) is 10.6 Å². The van der Waals surface area contributed by atoms with Crippen LogP contribution in [0.2, 0.25) is 10.0 Å². The van der Waals surface area contributed by atoms with Crippen molar-refractivity contribution >= 4 is 46.1 Å². The first kappa shape index (κ1) is 19.5. The number of carbonyl (C=O) groups excluding carboxylic acids is 1. The van der Waals surface area contributed by atoms with Gasteiger partial charge in [-0.25, -0.2) is 4.98 Å². The third kappa shape index (κ3) is 4.71. The van der Waals surface area contributed by atoms with E-state index >= 15 is 0 Å². The number of benzene rings is 2. The second kappa shape index (κ2) is 8.61. The molecule has 1 aromatic heterocycles. The molecule has 0 aliphatic heterocycles. The lowest BCUT2D eigenvalue weighted by Gasteiger charge is -2.12. The van der Waals surface area contributed by atoms with E-state index in [2.05, 4.69) is 10.3 Å². The van der Waals surface area contributed by atoms with Gasteiger partial charge < -0.3 is 14.8 Å². The molecule has 0 bridgehead atoms. The molecule has 5 nitrogen and oxygen atoms in total. The third-order valence-electron chi connectivity index (χ3n) is 3.73. The lowest BCUT2D eigenvalue weighted by atomic mass is 10.2. The number of rotatable bonds is 6. The van der Waals surface area contributed by atoms with E-state index in [4.69, 9.17) is 32.7 Å². The molecule has 0 atom stereocenters. The molecule has 140 valence electrons. The topological polar surface area (TPSA) is 60.5 Å². The molecule has 3 aromatic rings. The molecule has 3 rings (SSSR count). The summed E-state index contributed by atoms with van der Waals surface area (Å²) in [6.45, 7) is 0. The Hall–Kier alpha value is -2.28. The van der Waals surface area contributed by atoms with Crippen molar-refractivity contribution in [2.75, 3.05) is 19.5 Å². The number of nitrogens with one attached hydrogen (secondary N) is 1. The first-order chi connectivity index (χ1) is 13.0. The summed E-state index contributed by atoms with van der Waals surface area (Å²) >= 11 is 13.5. The van der Waals surface area contributed by atoms with Gasteiger partial charge in [-0.05, 0) is 12.1 Å². The predicted octanol–water partition coefficient (Wildman–Crippen LogP) is 5.32. The average Bonchev–Trinajstić information content (AvgIpc) is 3.11. The number of ether oxygens (including phenoxy) is 2. The van der Waals surface area contributed by atoms with Crippen molar-refractivity contribution in [3.63, 3.8) is 0 Å². The van der Waals surface area contributed by atoms with Crippen molar-refractivity contribution in [2.24, 2.45) is 0 Å². The van der Waals surface area contributed by atoms with Gasteiger partial charge in [-0.3, -0.25) is 4.79 Å². The van der Waals surface area contributed by atoms with Crippen LogP contribution >= 0.6 is 34.5 Å². The number of methoxy groups -OCH3 is 2. The van der Waals surface area contributed by atoms with Crippen LogP contribution in [-0.4, -0.2) is 25.1 Å². The Kier molecular flexibility index (Phi) is 6.21. The van der Waals surface area contributed by atoms with Crippen LogP contribution in [-0.2, 0) is 11.2 Å². The minimum absolute atomic E-state index is 0.137. The van der Waals surface area contributed by atoms with Crippen LogP contribution in [0.3, 0.4) is 0 Å². The van der Waals surface area contributed by atoms with Gasteiger partial charge in [-0.15, -0.1) is 11.3 Å². The van der Waals surface area contributed by atoms with E-state index in [1.807, 2.05) is 29.6 Å². The summed E-state index contributed by atoms with van der Waals surface area (Å²) in [7, 11) is 3.01. The Balaban J connectivity index is 1.72. The minimum Gasteiger partial charge on any atom is -0.495 e. The number of hydrogen-bond donors (Lipinski definition) is 1. The first-order valence-electron chi connectivity index (χ1n) is 7.92. The largest absolute Gasteiger partial charge is 0.495 e. The fraction of sp³-hybridized carbons (Fsp3) is 0.158. The minimum atomic E-state index is -0.217. The standard InChI is InChI=1S/C19H16Cl2N2O3S/c1-25-16-9-15(17(26-2)8-14(16)21)23-18(24)7-13-10-27-19(22-13)11-3-5-12(20)6-4-11/h3-6,8-10H,7H2,1-2H3,(H,23,24). The van der Waals surface area contributed by atoms with E-state index < -0.39 is 0 Å². The van der Waals surface area contributed by atoms with E-state index in [-0.39, 0.29) is 12.3 Å². The van der Waals surface area contributed by atoms with E-state index in [9.17, 15) is 4.79 Å². The Bertz CT molecular complexity index is 958. The Morgan fingerprint density at radius 3 is 2.48 bits per heavy atom. The molecule has 0 spiro atoms. The Labute approximate surface area is 170 Å². The van der Waals surface area contributed by atoms with E-state index in [1.54, 1.807) is 12.1 Å². The van der Waals surface area contributed by atoms with Gasteiger partial charge in [0.15, 0.2) is 0 Å². The van der Waals surface area contributed by atoms with Gasteiger partial charge in [0, 0.05) is 28.1 Å². The molecule has 0 radical (unpaired) electrons. The smallest absolute Gasteiger partial charge is 0.230 e. The second-order valence-corrected chi connectivity index (χ2v) is 7.26. The van der Waals surface area contributed by atoms with Gasteiger partial charge in [-0.1, -0.05) is 35.3 Å². The molecule has 0 aliphatic rings. The average molecular weight is 423 g/mol. The summed E-state index contributed by atoms with van der Waals surface area (Å²) in [5.74, 6) is 0.686. The van der Waals surface area contributed by atoms with Crippen LogP contribution in [0.25, 0.3) is 10.6 Å². The van der Waals surface area contributed by atoms with Crippen molar-refractivity contribution in [2.45, 2.75) is 6.42 Å². The molecular weight excluding hydrogens is 407 g/mol. The van der Waals surface area contributed by atoms with Crippen molar-refractivity contribution < 1.29 is 14.3 Å². The molecule has 1 heterocycles. The summed E-state index contributed by atoms with van der Waals surface area (Å²) in [6.07, 6.45) is 0.137. The number of aromatic nitrogens is 1. The number of thiazole rings is 1. The molecule has 8 heteroatoms. The summed E-state index contributed by atoms with van der Waals surface area (Å²) < 4.78 is 10.5. The van der Waals surface area contributed by atoms with Gasteiger partial charge in [0.1, 0.15) is 16.5 Å². The molecule has 0 aliphatic carbocycles. The fourth-order valence-electron chi connectivity index (χ4n) is 2.43. The Morgan fingerprint density at radius 2 is 1.81 bits per heavy atom. The predicted molar refractivity (Wildman–Crippen MR) is 109 cm³/mol. The highest BCUT2D eigenvalue weighted by Gasteiger charge is 2.14. The fourth-order valence-corrected chi connectivity index (χ4v) is 3.61. The molecule has 0 saturated heterocycles. The molecule has 0 saturated carbocycles. The summed E-state index contributed by atoms with van der Waals surface area (Å²) in [4.78, 5) is 17.0. The number of anilines is 1. The zero-order valence-electron chi connectivity index (χ0n) is 14.6. The van der Waals surface area contributed by atoms with Crippen LogP contribution < -0.4 is 14.8 Å². The lowest BCUT2D eigenvalue weighted by Crippen LogP contribution is -2.15. The van der Waals surface area contributed by atoms with Gasteiger partial charge in [-0.2, -0.15) is 0 Å². The quantitative estimate of drug-likeness (QED) is 0.583. The highest BCUT2D eigenvalue weighted by molar-refractivity contribution is 7.13. The van der Waals surface area contributed by atoms with Gasteiger partial charge >= 0.3 is 0 Å². The summed E-state index contributed by atoms with van der Waals surface area (Å²) in [5, 5.41) is 6.58. The van der Waals surface area contributed by atoms with Gasteiger partial charge in [0.05, 0.1) is 37.0 Å². The molecule has 27 heavy (non-hydrogen) atoms. The maximum atomic E-state index is 12.4. The summed E-state index contributed by atoms with van der Waals surface area (Å²) in [6, 6.07) is 10.6. The number of halogens is 2. The highest BCUT2D eigenvalue weighted by Crippen LogP contribution is 2.36. The van der Waals surface area contributed by atoms with Crippen LogP contribution in [0.5, 0.6) is 11.5 Å². The van der Waals surface area contributed by atoms with Gasteiger partial charge in [0.2, 0.25) is 5.91 Å². The molecule has 2 aromatic carbocycles. The molecule has 0 fully saturated rings. The molecule has 1 amide bonds. The molecule has 1 N–H and O–H groups in total. The monoisotopic (exact) mass is 422 g/mol. The molecule has 0 unspecified atom stereocenters. The SMILES string of the molecule is COc1cc(NC(=O)Cc2csc(-c3ccc(Cl)cc3)n2)c(OC)cc1Cl. The number of amides is 1. The van der Waals surface area contributed by atoms with Crippen LogP contribution in [0.1, 0.15) is 5.69 Å². The normalized spacial score (nSPS) is 10.5. The lowest BCUT2D eigenvalue weighted by molar-refractivity contribution is -0.115. The van der Waals surface area contributed by atoms with E-state index in [0.29, 0.717) is 32.9 Å². The van der Waals surface area contributed by atoms with Crippen LogP contribution in [0.15, 0.2) is 41.8 Å². The molecular formula is C19H16Cl2N2O3S. The van der Waals surface area contributed by atoms with Crippen molar-refractivity contribution in [3.8, 4) is 22.1 Å². The maximum Gasteiger partial charge on any atom is 0.230 e. The first-order valence-corrected chi connectivity index (χ1v) is 9.55. The van der Waals surface area contributed by atoms with Gasteiger partial charge in [0.25, 0.3) is 0 Å². The van der Waals surface area contributed by atoms with Crippen molar-refractivity contribution in [1.82, 2.24) is 4.98 Å². The Morgan fingerprint density at radius 1 is 1.11 bits per heavy atom. The second-order valence-electron chi connectivity index (χ2n) is 5.56. The maximum absolute atomic E-state index is 12.4. The van der Waals surface area contributed by atoms with Crippen molar-refractivity contribution in [3.05, 3.63) is 57.5 Å². The van der Waals surface area contributed by atoms with Crippen LogP contribution in [0.4, 0.5) is 5.69 Å². The number of nitrogens with zero attached hydrogens (tertiary/aromatic N) is 1. The van der Waals surface area contributed by atoms with Crippen LogP contribution in [0, 0.1) is 0 Å². The number of hydrogen-bond acceptors (Lipinski definition) is 5. The summed E-state index contributed by atoms with van der Waals surface area (Å²) in [5.41, 5.74) is 2.12. The zero-order chi connectivity index (χ0) is 19.4. The zero-order valence-corrected chi connectivity index (χ0v) is 16.9. The number of carbonyl (C=O) groups is 1. The van der Waals surface area contributed by atoms with Crippen molar-refractivity contribution in [1.29, 1.82) is 0 Å². The third-order valence-corrected chi connectivity index (χ3v) is 5.22.